The zero-order chi connectivity index (χ0) is 27.6. The van der Waals surface area contributed by atoms with E-state index in [4.69, 9.17) is 10.5 Å². The number of nitrogens with zero attached hydrogens (tertiary/aromatic N) is 2. The lowest BCUT2D eigenvalue weighted by Gasteiger charge is -2.50. The highest BCUT2D eigenvalue weighted by Crippen LogP contribution is 2.53. The number of aliphatic hydroxyl groups is 3. The average Bonchev–Trinajstić information content (AvgIpc) is 2.80. The molecule has 0 aromatic heterocycles. The van der Waals surface area contributed by atoms with E-state index < -0.39 is 58.0 Å². The number of ketones is 2. The Balaban J connectivity index is 1.93. The highest BCUT2D eigenvalue weighted by molar-refractivity contribution is 6.24. The fraction of sp³-hybridized carbons (Fsp3) is 0.500. The number of Topliss-reactive ketones (excluding diaryl/α,β-unsaturated/α-hetero) is 2. The Kier molecular flexibility index (Phi) is 6.60. The number of rotatable bonds is 6. The lowest BCUT2D eigenvalue weighted by atomic mass is 9.58. The second kappa shape index (κ2) is 9.16. The van der Waals surface area contributed by atoms with Gasteiger partial charge in [-0.05, 0) is 52.5 Å². The second-order valence-electron chi connectivity index (χ2n) is 10.2. The van der Waals surface area contributed by atoms with E-state index in [2.05, 4.69) is 0 Å². The number of nitrogens with two attached hydrogens (primary N) is 1. The molecule has 1 aromatic carbocycles. The maximum Gasteiger partial charge on any atom is 0.255 e. The van der Waals surface area contributed by atoms with E-state index in [1.165, 1.54) is 18.1 Å². The van der Waals surface area contributed by atoms with Crippen LogP contribution in [-0.2, 0) is 22.6 Å². The maximum absolute atomic E-state index is 13.7. The average molecular weight is 516 g/mol. The van der Waals surface area contributed by atoms with Crippen LogP contribution in [0.5, 0.6) is 11.5 Å². The fourth-order valence-electron chi connectivity index (χ4n) is 6.14. The number of aromatic hydroxyl groups is 1. The first-order valence-corrected chi connectivity index (χ1v) is 12.1. The molecule has 0 aliphatic heterocycles. The van der Waals surface area contributed by atoms with E-state index in [1.807, 2.05) is 18.9 Å². The molecule has 3 aliphatic carbocycles. The minimum absolute atomic E-state index is 0.0226. The SMILES string of the molecule is CCN(C)Cc1cc(O)c2c(c1OC)C[C@H]1C[C@H]3[C@H](N(C)C)C(O)=C(C(N)=O)C(=O)[C@@]3(O)C(O)=C1C2=O. The summed E-state index contributed by atoms with van der Waals surface area (Å²) in [5, 5.41) is 44.7. The van der Waals surface area contributed by atoms with Gasteiger partial charge >= 0.3 is 0 Å². The van der Waals surface area contributed by atoms with Gasteiger partial charge in [0, 0.05) is 29.2 Å². The number of phenols is 1. The first-order chi connectivity index (χ1) is 17.3. The van der Waals surface area contributed by atoms with Crippen LogP contribution in [0.4, 0.5) is 0 Å². The third-order valence-corrected chi connectivity index (χ3v) is 7.93. The Morgan fingerprint density at radius 3 is 2.41 bits per heavy atom. The molecule has 0 bridgehead atoms. The van der Waals surface area contributed by atoms with Gasteiger partial charge in [-0.2, -0.15) is 0 Å². The van der Waals surface area contributed by atoms with Gasteiger partial charge in [-0.3, -0.25) is 19.3 Å². The number of carbonyl (C=O) groups excluding carboxylic acids is 3. The van der Waals surface area contributed by atoms with E-state index in [9.17, 15) is 34.8 Å². The smallest absolute Gasteiger partial charge is 0.255 e. The number of hydrogen-bond donors (Lipinski definition) is 5. The summed E-state index contributed by atoms with van der Waals surface area (Å²) in [6, 6.07) is 0.407. The predicted octanol–water partition coefficient (Wildman–Crippen LogP) is 0.581. The van der Waals surface area contributed by atoms with Crippen molar-refractivity contribution in [1.82, 2.24) is 9.80 Å². The minimum atomic E-state index is -2.66. The topological polar surface area (TPSA) is 174 Å². The maximum atomic E-state index is 13.7. The first-order valence-electron chi connectivity index (χ1n) is 12.1. The third-order valence-electron chi connectivity index (χ3n) is 7.93. The number of methoxy groups -OCH3 is 1. The van der Waals surface area contributed by atoms with Crippen LogP contribution in [0.25, 0.3) is 0 Å². The number of amides is 1. The molecule has 1 aromatic rings. The van der Waals surface area contributed by atoms with Gasteiger partial charge < -0.3 is 35.8 Å². The summed E-state index contributed by atoms with van der Waals surface area (Å²) in [7, 11) is 6.56. The standard InChI is InChI=1S/C26H33N3O8/c1-6-29(4)10-12-9-15(30)17-13(22(12)37-5)7-11-8-14-19(28(2)3)21(32)18(25(27)35)24(34)26(14,36)23(33)16(11)20(17)31/h9,11,14,19,30,32-33,36H,6-8,10H2,1-5H3,(H2,27,35)/t11-,14-,19-,26-/m0/s1. The summed E-state index contributed by atoms with van der Waals surface area (Å²) in [6.07, 6.45) is 0.198. The van der Waals surface area contributed by atoms with Crippen molar-refractivity contribution in [2.75, 3.05) is 34.8 Å². The highest BCUT2D eigenvalue weighted by Gasteiger charge is 2.63. The van der Waals surface area contributed by atoms with Crippen LogP contribution < -0.4 is 10.5 Å². The molecule has 0 saturated carbocycles. The molecule has 4 atom stereocenters. The van der Waals surface area contributed by atoms with Gasteiger partial charge in [-0.25, -0.2) is 0 Å². The van der Waals surface area contributed by atoms with Crippen molar-refractivity contribution in [2.24, 2.45) is 17.6 Å². The molecule has 6 N–H and O–H groups in total. The normalized spacial score (nSPS) is 27.4. The van der Waals surface area contributed by atoms with Crippen LogP contribution in [0.15, 0.2) is 28.7 Å². The number of allylic oxidation sites excluding steroid dienone is 1. The van der Waals surface area contributed by atoms with Crippen LogP contribution >= 0.6 is 0 Å². The molecule has 3 aliphatic rings. The van der Waals surface area contributed by atoms with E-state index in [-0.39, 0.29) is 29.7 Å². The zero-order valence-electron chi connectivity index (χ0n) is 21.5. The lowest BCUT2D eigenvalue weighted by molar-refractivity contribution is -0.148. The number of phenolic OH excluding ortho intramolecular Hbond substituents is 1. The minimum Gasteiger partial charge on any atom is -0.510 e. The molecule has 11 heteroatoms. The van der Waals surface area contributed by atoms with Crippen molar-refractivity contribution >= 4 is 17.5 Å². The van der Waals surface area contributed by atoms with Crippen molar-refractivity contribution in [1.29, 1.82) is 0 Å². The Morgan fingerprint density at radius 2 is 1.86 bits per heavy atom. The number of carbonyl (C=O) groups is 3. The van der Waals surface area contributed by atoms with Crippen LogP contribution in [0.3, 0.4) is 0 Å². The monoisotopic (exact) mass is 515 g/mol. The molecular weight excluding hydrogens is 482 g/mol. The van der Waals surface area contributed by atoms with Crippen LogP contribution in [0, 0.1) is 11.8 Å². The van der Waals surface area contributed by atoms with Crippen molar-refractivity contribution in [3.63, 3.8) is 0 Å². The van der Waals surface area contributed by atoms with Gasteiger partial charge in [0.15, 0.2) is 11.4 Å². The first kappa shape index (κ1) is 26.6. The largest absolute Gasteiger partial charge is 0.510 e. The van der Waals surface area contributed by atoms with Crippen LogP contribution in [0.1, 0.15) is 34.8 Å². The molecule has 37 heavy (non-hydrogen) atoms. The number of likely N-dealkylation sites (N-methyl/N-ethyl adjacent to an activating group) is 1. The van der Waals surface area contributed by atoms with Crippen molar-refractivity contribution in [3.05, 3.63) is 45.4 Å². The Morgan fingerprint density at radius 1 is 1.22 bits per heavy atom. The van der Waals surface area contributed by atoms with Gasteiger partial charge in [0.2, 0.25) is 5.78 Å². The Hall–Kier alpha value is -3.41. The molecule has 0 spiro atoms. The summed E-state index contributed by atoms with van der Waals surface area (Å²) in [4.78, 5) is 42.6. The molecule has 200 valence electrons. The van der Waals surface area contributed by atoms with Gasteiger partial charge in [-0.15, -0.1) is 0 Å². The molecular formula is C26H33N3O8. The molecule has 1 amide bonds. The predicted molar refractivity (Wildman–Crippen MR) is 132 cm³/mol. The molecule has 11 nitrogen and oxygen atoms in total. The number of aliphatic hydroxyl groups excluding tert-OH is 2. The molecule has 4 rings (SSSR count). The number of ether oxygens (including phenoxy) is 1. The summed E-state index contributed by atoms with van der Waals surface area (Å²) in [5.41, 5.74) is 2.75. The van der Waals surface area contributed by atoms with E-state index in [0.717, 1.165) is 6.54 Å². The fourth-order valence-corrected chi connectivity index (χ4v) is 6.14. The molecule has 0 unspecified atom stereocenters. The summed E-state index contributed by atoms with van der Waals surface area (Å²) >= 11 is 0. The van der Waals surface area contributed by atoms with Crippen LogP contribution in [-0.4, -0.2) is 94.1 Å². The molecule has 0 radical (unpaired) electrons. The van der Waals surface area contributed by atoms with Crippen LogP contribution in [0.2, 0.25) is 0 Å². The molecule has 0 saturated heterocycles. The summed E-state index contributed by atoms with van der Waals surface area (Å²) in [6.45, 7) is 3.19. The number of fused-ring (bicyclic) bond motifs is 3. The van der Waals surface area contributed by atoms with Gasteiger partial charge in [0.1, 0.15) is 28.6 Å². The lowest BCUT2D eigenvalue weighted by Crippen LogP contribution is -2.63. The number of hydrogen-bond acceptors (Lipinski definition) is 10. The molecule has 0 heterocycles. The Labute approximate surface area is 214 Å². The zero-order valence-corrected chi connectivity index (χ0v) is 21.5. The summed E-state index contributed by atoms with van der Waals surface area (Å²) in [5.74, 6) is -6.33. The van der Waals surface area contributed by atoms with Crippen molar-refractivity contribution in [3.8, 4) is 11.5 Å². The van der Waals surface area contributed by atoms with Crippen molar-refractivity contribution in [2.45, 2.75) is 38.0 Å². The van der Waals surface area contributed by atoms with E-state index in [0.29, 0.717) is 23.4 Å². The number of benzene rings is 1. The van der Waals surface area contributed by atoms with Gasteiger partial charge in [0.25, 0.3) is 5.91 Å². The van der Waals surface area contributed by atoms with E-state index >= 15 is 0 Å². The quantitative estimate of drug-likeness (QED) is 0.337. The van der Waals surface area contributed by atoms with E-state index in [1.54, 1.807) is 14.1 Å². The highest BCUT2D eigenvalue weighted by atomic mass is 16.5. The second-order valence-corrected chi connectivity index (χ2v) is 10.2. The number of primary amides is 1. The Bertz CT molecular complexity index is 1270. The molecule has 0 fully saturated rings. The van der Waals surface area contributed by atoms with Gasteiger partial charge in [-0.1, -0.05) is 6.92 Å². The third kappa shape index (κ3) is 3.72. The van der Waals surface area contributed by atoms with Gasteiger partial charge in [0.05, 0.1) is 18.7 Å². The summed E-state index contributed by atoms with van der Waals surface area (Å²) < 4.78 is 5.68. The van der Waals surface area contributed by atoms with Crippen molar-refractivity contribution < 1.29 is 39.5 Å².